The van der Waals surface area contributed by atoms with Crippen LogP contribution in [0.1, 0.15) is 21.6 Å². The molecule has 0 saturated carbocycles. The second kappa shape index (κ2) is 7.70. The van der Waals surface area contributed by atoms with Crippen molar-refractivity contribution in [2.45, 2.75) is 0 Å². The fourth-order valence-corrected chi connectivity index (χ4v) is 2.45. The van der Waals surface area contributed by atoms with Gasteiger partial charge in [-0.3, -0.25) is 9.78 Å². The molecule has 0 aliphatic carbocycles. The zero-order valence-corrected chi connectivity index (χ0v) is 14.4. The third kappa shape index (κ3) is 4.40. The number of nitrogens with zero attached hydrogens (tertiary/aromatic N) is 1. The average molecular weight is 379 g/mol. The fourth-order valence-electron chi connectivity index (χ4n) is 2.18. The van der Waals surface area contributed by atoms with Crippen LogP contribution in [0.3, 0.4) is 0 Å². The molecule has 0 unspecified atom stereocenters. The van der Waals surface area contributed by atoms with Crippen molar-refractivity contribution in [2.24, 2.45) is 0 Å². The molecule has 3 aromatic rings. The lowest BCUT2D eigenvalue weighted by atomic mass is 10.1. The van der Waals surface area contributed by atoms with Gasteiger partial charge in [-0.1, -0.05) is 40.2 Å². The fraction of sp³-hybridized carbons (Fsp3) is 0. The van der Waals surface area contributed by atoms with Gasteiger partial charge in [0.2, 0.25) is 0 Å². The van der Waals surface area contributed by atoms with Gasteiger partial charge >= 0.3 is 0 Å². The standard InChI is InChI=1S/C20H15BrN2O/c21-17-10-8-16(9-11-17)20(24)23-19-6-3-4-15(14-19)7-12-18-5-1-2-13-22-18/h1-14H,(H,23,24)/b12-7+. The van der Waals surface area contributed by atoms with Crippen molar-refractivity contribution in [2.75, 3.05) is 5.32 Å². The lowest BCUT2D eigenvalue weighted by Crippen LogP contribution is -2.11. The quantitative estimate of drug-likeness (QED) is 0.671. The number of rotatable bonds is 4. The summed E-state index contributed by atoms with van der Waals surface area (Å²) >= 11 is 3.36. The minimum Gasteiger partial charge on any atom is -0.322 e. The van der Waals surface area contributed by atoms with Crippen LogP contribution in [0.5, 0.6) is 0 Å². The highest BCUT2D eigenvalue weighted by Gasteiger charge is 2.05. The monoisotopic (exact) mass is 378 g/mol. The van der Waals surface area contributed by atoms with Crippen LogP contribution in [0.2, 0.25) is 0 Å². The van der Waals surface area contributed by atoms with Crippen molar-refractivity contribution >= 4 is 39.7 Å². The van der Waals surface area contributed by atoms with Gasteiger partial charge in [-0.15, -0.1) is 0 Å². The van der Waals surface area contributed by atoms with E-state index in [1.807, 2.05) is 66.7 Å². The Balaban J connectivity index is 1.72. The maximum atomic E-state index is 12.3. The summed E-state index contributed by atoms with van der Waals surface area (Å²) < 4.78 is 0.945. The Bertz CT molecular complexity index is 858. The Morgan fingerprint density at radius 3 is 2.54 bits per heavy atom. The van der Waals surface area contributed by atoms with Crippen LogP contribution in [-0.2, 0) is 0 Å². The topological polar surface area (TPSA) is 42.0 Å². The molecule has 1 aromatic heterocycles. The largest absolute Gasteiger partial charge is 0.322 e. The number of aromatic nitrogens is 1. The van der Waals surface area contributed by atoms with E-state index in [1.165, 1.54) is 0 Å². The maximum absolute atomic E-state index is 12.3. The number of hydrogen-bond acceptors (Lipinski definition) is 2. The predicted molar refractivity (Wildman–Crippen MR) is 102 cm³/mol. The van der Waals surface area contributed by atoms with Crippen LogP contribution in [0.25, 0.3) is 12.2 Å². The zero-order chi connectivity index (χ0) is 16.8. The Hall–Kier alpha value is -2.72. The molecule has 0 radical (unpaired) electrons. The molecule has 1 heterocycles. The van der Waals surface area contributed by atoms with E-state index in [9.17, 15) is 4.79 Å². The third-order valence-corrected chi connectivity index (χ3v) is 3.91. The second-order valence-electron chi connectivity index (χ2n) is 5.17. The number of halogens is 1. The SMILES string of the molecule is O=C(Nc1cccc(/C=C/c2ccccn2)c1)c1ccc(Br)cc1. The molecule has 118 valence electrons. The highest BCUT2D eigenvalue weighted by atomic mass is 79.9. The summed E-state index contributed by atoms with van der Waals surface area (Å²) in [5.41, 5.74) is 3.26. The van der Waals surface area contributed by atoms with Gasteiger partial charge < -0.3 is 5.32 Å². The number of hydrogen-bond donors (Lipinski definition) is 1. The van der Waals surface area contributed by atoms with E-state index in [-0.39, 0.29) is 5.91 Å². The number of amides is 1. The second-order valence-corrected chi connectivity index (χ2v) is 6.09. The van der Waals surface area contributed by atoms with Crippen molar-refractivity contribution in [1.82, 2.24) is 4.98 Å². The summed E-state index contributed by atoms with van der Waals surface area (Å²) in [4.78, 5) is 16.5. The van der Waals surface area contributed by atoms with Gasteiger partial charge in [0.15, 0.2) is 0 Å². The van der Waals surface area contributed by atoms with Gasteiger partial charge in [0.1, 0.15) is 0 Å². The molecule has 0 bridgehead atoms. The van der Waals surface area contributed by atoms with Crippen LogP contribution >= 0.6 is 15.9 Å². The molecule has 3 rings (SSSR count). The molecule has 0 saturated heterocycles. The van der Waals surface area contributed by atoms with E-state index < -0.39 is 0 Å². The molecule has 1 amide bonds. The average Bonchev–Trinajstić information content (AvgIpc) is 2.62. The first-order valence-corrected chi connectivity index (χ1v) is 8.26. The van der Waals surface area contributed by atoms with Crippen molar-refractivity contribution in [3.8, 4) is 0 Å². The molecule has 0 aliphatic heterocycles. The molecule has 0 aliphatic rings. The van der Waals surface area contributed by atoms with E-state index >= 15 is 0 Å². The highest BCUT2D eigenvalue weighted by molar-refractivity contribution is 9.10. The Kier molecular flexibility index (Phi) is 5.18. The van der Waals surface area contributed by atoms with Gasteiger partial charge in [0.05, 0.1) is 5.69 Å². The minimum atomic E-state index is -0.131. The van der Waals surface area contributed by atoms with E-state index in [0.29, 0.717) is 5.56 Å². The van der Waals surface area contributed by atoms with E-state index in [4.69, 9.17) is 0 Å². The van der Waals surface area contributed by atoms with Crippen molar-refractivity contribution < 1.29 is 4.79 Å². The van der Waals surface area contributed by atoms with Crippen molar-refractivity contribution in [1.29, 1.82) is 0 Å². The number of benzene rings is 2. The Morgan fingerprint density at radius 2 is 1.79 bits per heavy atom. The number of anilines is 1. The first kappa shape index (κ1) is 16.1. The normalized spacial score (nSPS) is 10.7. The summed E-state index contributed by atoms with van der Waals surface area (Å²) in [6.45, 7) is 0. The van der Waals surface area contributed by atoms with Gasteiger partial charge in [0, 0.05) is 21.9 Å². The molecule has 3 nitrogen and oxygen atoms in total. The van der Waals surface area contributed by atoms with Crippen LogP contribution in [0, 0.1) is 0 Å². The summed E-state index contributed by atoms with van der Waals surface area (Å²) in [5.74, 6) is -0.131. The van der Waals surface area contributed by atoms with E-state index in [2.05, 4.69) is 26.2 Å². The minimum absolute atomic E-state index is 0.131. The lowest BCUT2D eigenvalue weighted by molar-refractivity contribution is 0.102. The molecule has 0 fully saturated rings. The number of nitrogens with one attached hydrogen (secondary N) is 1. The molecule has 1 N–H and O–H groups in total. The van der Waals surface area contributed by atoms with Crippen molar-refractivity contribution in [3.63, 3.8) is 0 Å². The summed E-state index contributed by atoms with van der Waals surface area (Å²) in [6.07, 6.45) is 5.67. The maximum Gasteiger partial charge on any atom is 0.255 e. The Morgan fingerprint density at radius 1 is 0.958 bits per heavy atom. The number of pyridine rings is 1. The molecular formula is C20H15BrN2O. The van der Waals surface area contributed by atoms with Gasteiger partial charge in [-0.25, -0.2) is 0 Å². The Labute approximate surface area is 149 Å². The van der Waals surface area contributed by atoms with Crippen LogP contribution in [0.4, 0.5) is 5.69 Å². The zero-order valence-electron chi connectivity index (χ0n) is 12.8. The van der Waals surface area contributed by atoms with Crippen LogP contribution < -0.4 is 5.32 Å². The molecule has 24 heavy (non-hydrogen) atoms. The first-order valence-electron chi connectivity index (χ1n) is 7.47. The first-order chi connectivity index (χ1) is 11.7. The lowest BCUT2D eigenvalue weighted by Gasteiger charge is -2.06. The molecule has 0 spiro atoms. The highest BCUT2D eigenvalue weighted by Crippen LogP contribution is 2.16. The smallest absolute Gasteiger partial charge is 0.255 e. The van der Waals surface area contributed by atoms with Gasteiger partial charge in [-0.05, 0) is 60.2 Å². The predicted octanol–water partition coefficient (Wildman–Crippen LogP) is 5.27. The number of carbonyl (C=O) groups is 1. The summed E-state index contributed by atoms with van der Waals surface area (Å²) in [5, 5.41) is 2.91. The third-order valence-electron chi connectivity index (χ3n) is 3.39. The van der Waals surface area contributed by atoms with Crippen LogP contribution in [0.15, 0.2) is 77.4 Å². The summed E-state index contributed by atoms with van der Waals surface area (Å²) in [7, 11) is 0. The van der Waals surface area contributed by atoms with Gasteiger partial charge in [0.25, 0.3) is 5.91 Å². The van der Waals surface area contributed by atoms with Crippen molar-refractivity contribution in [3.05, 3.63) is 94.2 Å². The molecule has 0 atom stereocenters. The molecule has 2 aromatic carbocycles. The number of carbonyl (C=O) groups excluding carboxylic acids is 1. The molecular weight excluding hydrogens is 364 g/mol. The van der Waals surface area contributed by atoms with Crippen LogP contribution in [-0.4, -0.2) is 10.9 Å². The molecule has 4 heteroatoms. The van der Waals surface area contributed by atoms with E-state index in [1.54, 1.807) is 18.3 Å². The van der Waals surface area contributed by atoms with E-state index in [0.717, 1.165) is 21.4 Å². The van der Waals surface area contributed by atoms with Gasteiger partial charge in [-0.2, -0.15) is 0 Å². The summed E-state index contributed by atoms with van der Waals surface area (Å²) in [6, 6.07) is 20.7.